The van der Waals surface area contributed by atoms with Gasteiger partial charge in [0.25, 0.3) is 5.92 Å². The Hall–Kier alpha value is -0.180. The van der Waals surface area contributed by atoms with Gasteiger partial charge in [0.1, 0.15) is 0 Å². The maximum Gasteiger partial charge on any atom is 0.262 e. The fourth-order valence-corrected chi connectivity index (χ4v) is 2.33. The van der Waals surface area contributed by atoms with E-state index in [1.165, 1.54) is 6.42 Å². The van der Waals surface area contributed by atoms with Gasteiger partial charge < -0.3 is 5.32 Å². The smallest absolute Gasteiger partial charge is 0.262 e. The highest BCUT2D eigenvalue weighted by molar-refractivity contribution is 5.03. The van der Waals surface area contributed by atoms with Crippen LogP contribution in [0.4, 0.5) is 8.78 Å². The lowest BCUT2D eigenvalue weighted by molar-refractivity contribution is 0.00844. The van der Waals surface area contributed by atoms with E-state index < -0.39 is 5.92 Å². The molecule has 1 aliphatic carbocycles. The number of halogens is 2. The van der Waals surface area contributed by atoms with Gasteiger partial charge in [0.15, 0.2) is 0 Å². The lowest BCUT2D eigenvalue weighted by atomic mass is 9.71. The lowest BCUT2D eigenvalue weighted by Gasteiger charge is -2.40. The Labute approximate surface area is 71.5 Å². The van der Waals surface area contributed by atoms with Gasteiger partial charge in [-0.05, 0) is 25.7 Å². The number of rotatable bonds is 1. The Morgan fingerprint density at radius 1 is 1.33 bits per heavy atom. The van der Waals surface area contributed by atoms with Crippen LogP contribution < -0.4 is 5.32 Å². The molecule has 0 amide bonds. The normalized spacial score (nSPS) is 41.2. The van der Waals surface area contributed by atoms with Crippen molar-refractivity contribution in [1.29, 1.82) is 0 Å². The highest BCUT2D eigenvalue weighted by Crippen LogP contribution is 2.44. The largest absolute Gasteiger partial charge is 0.305 e. The Bertz CT molecular complexity index is 189. The van der Waals surface area contributed by atoms with Gasteiger partial charge in [-0.3, -0.25) is 0 Å². The van der Waals surface area contributed by atoms with E-state index in [1.807, 2.05) is 6.92 Å². The Morgan fingerprint density at radius 3 is 2.33 bits per heavy atom. The van der Waals surface area contributed by atoms with E-state index in [1.54, 1.807) is 0 Å². The summed E-state index contributed by atoms with van der Waals surface area (Å²) in [5, 5.41) is 2.98. The highest BCUT2D eigenvalue weighted by Gasteiger charge is 2.51. The van der Waals surface area contributed by atoms with E-state index in [9.17, 15) is 8.78 Å². The van der Waals surface area contributed by atoms with Crippen LogP contribution in [0.3, 0.4) is 0 Å². The van der Waals surface area contributed by atoms with Crippen LogP contribution in [0.2, 0.25) is 0 Å². The molecule has 1 nitrogen and oxygen atoms in total. The van der Waals surface area contributed by atoms with Crippen LogP contribution in [0.1, 0.15) is 32.6 Å². The molecule has 12 heavy (non-hydrogen) atoms. The molecule has 1 unspecified atom stereocenters. The minimum absolute atomic E-state index is 0.0324. The molecule has 0 aromatic rings. The molecular weight excluding hydrogens is 160 g/mol. The van der Waals surface area contributed by atoms with Crippen molar-refractivity contribution in [3.63, 3.8) is 0 Å². The summed E-state index contributed by atoms with van der Waals surface area (Å²) in [7, 11) is 0. The summed E-state index contributed by atoms with van der Waals surface area (Å²) in [5.41, 5.74) is -0.276. The molecule has 70 valence electrons. The van der Waals surface area contributed by atoms with Crippen molar-refractivity contribution in [1.82, 2.24) is 5.32 Å². The summed E-state index contributed by atoms with van der Waals surface area (Å²) in [6, 6.07) is 0. The van der Waals surface area contributed by atoms with Gasteiger partial charge in [0, 0.05) is 12.0 Å². The summed E-state index contributed by atoms with van der Waals surface area (Å²) < 4.78 is 25.8. The van der Waals surface area contributed by atoms with Gasteiger partial charge in [-0.15, -0.1) is 0 Å². The lowest BCUT2D eigenvalue weighted by Crippen LogP contribution is -2.46. The van der Waals surface area contributed by atoms with Gasteiger partial charge in [-0.2, -0.15) is 0 Å². The monoisotopic (exact) mass is 175 g/mol. The van der Waals surface area contributed by atoms with Crippen LogP contribution in [0, 0.1) is 5.92 Å². The minimum atomic E-state index is -2.47. The number of alkyl halides is 2. The molecular formula is C9H15F2N. The number of hydrogen-bond acceptors (Lipinski definition) is 1. The zero-order valence-electron chi connectivity index (χ0n) is 7.37. The summed E-state index contributed by atoms with van der Waals surface area (Å²) in [6.07, 6.45) is 3.50. The average Bonchev–Trinajstić information content (AvgIpc) is 2.01. The van der Waals surface area contributed by atoms with Gasteiger partial charge in [0.05, 0.1) is 6.54 Å². The number of nitrogens with one attached hydrogen (secondary N) is 1. The molecule has 0 aromatic heterocycles. The van der Waals surface area contributed by atoms with Crippen molar-refractivity contribution in [3.8, 4) is 0 Å². The zero-order valence-corrected chi connectivity index (χ0v) is 7.37. The van der Waals surface area contributed by atoms with Gasteiger partial charge >= 0.3 is 0 Å². The van der Waals surface area contributed by atoms with E-state index in [2.05, 4.69) is 5.32 Å². The maximum absolute atomic E-state index is 12.9. The van der Waals surface area contributed by atoms with Gasteiger partial charge in [0.2, 0.25) is 0 Å². The molecule has 1 saturated carbocycles. The first-order valence-corrected chi connectivity index (χ1v) is 4.65. The molecule has 1 saturated heterocycles. The first-order chi connectivity index (χ1) is 5.52. The molecule has 0 aromatic carbocycles. The van der Waals surface area contributed by atoms with E-state index in [-0.39, 0.29) is 18.5 Å². The maximum atomic E-state index is 12.9. The summed E-state index contributed by atoms with van der Waals surface area (Å²) in [5.74, 6) is -1.98. The van der Waals surface area contributed by atoms with Crippen LogP contribution in [-0.2, 0) is 0 Å². The van der Waals surface area contributed by atoms with Crippen molar-refractivity contribution in [2.45, 2.75) is 44.1 Å². The minimum Gasteiger partial charge on any atom is -0.305 e. The Morgan fingerprint density at radius 2 is 2.00 bits per heavy atom. The van der Waals surface area contributed by atoms with Crippen molar-refractivity contribution in [3.05, 3.63) is 0 Å². The topological polar surface area (TPSA) is 12.0 Å². The second kappa shape index (κ2) is 2.41. The molecule has 1 aliphatic heterocycles. The number of hydrogen-bond donors (Lipinski definition) is 1. The molecule has 1 heterocycles. The van der Waals surface area contributed by atoms with Gasteiger partial charge in [-0.1, -0.05) is 6.42 Å². The van der Waals surface area contributed by atoms with Crippen LogP contribution in [0.5, 0.6) is 0 Å². The van der Waals surface area contributed by atoms with Crippen LogP contribution >= 0.6 is 0 Å². The Balaban J connectivity index is 2.03. The molecule has 1 atom stereocenters. The third kappa shape index (κ3) is 1.24. The molecule has 0 bridgehead atoms. The predicted octanol–water partition coefficient (Wildman–Crippen LogP) is 2.17. The molecule has 1 N–H and O–H groups in total. The first kappa shape index (κ1) is 8.42. The van der Waals surface area contributed by atoms with Crippen LogP contribution in [0.15, 0.2) is 0 Å². The predicted molar refractivity (Wildman–Crippen MR) is 43.3 cm³/mol. The SMILES string of the molecule is CC1(C2CCC2)CC(F)(F)CN1. The molecule has 0 radical (unpaired) electrons. The van der Waals surface area contributed by atoms with Crippen molar-refractivity contribution in [2.75, 3.05) is 6.54 Å². The van der Waals surface area contributed by atoms with Crippen LogP contribution in [0.25, 0.3) is 0 Å². The standard InChI is InChI=1S/C9H15F2N/c1-8(7-3-2-4-7)5-9(10,11)6-12-8/h7,12H,2-6H2,1H3. The summed E-state index contributed by atoms with van der Waals surface area (Å²) in [4.78, 5) is 0. The highest BCUT2D eigenvalue weighted by atomic mass is 19.3. The van der Waals surface area contributed by atoms with Gasteiger partial charge in [-0.25, -0.2) is 8.78 Å². The second-order valence-corrected chi connectivity index (χ2v) is 4.43. The molecule has 2 aliphatic rings. The Kier molecular flexibility index (Phi) is 1.69. The zero-order chi connectivity index (χ0) is 8.82. The van der Waals surface area contributed by atoms with E-state index in [0.29, 0.717) is 5.92 Å². The second-order valence-electron chi connectivity index (χ2n) is 4.43. The molecule has 2 rings (SSSR count). The fourth-order valence-electron chi connectivity index (χ4n) is 2.33. The van der Waals surface area contributed by atoms with E-state index in [4.69, 9.17) is 0 Å². The quantitative estimate of drug-likeness (QED) is 0.644. The van der Waals surface area contributed by atoms with Crippen molar-refractivity contribution >= 4 is 0 Å². The van der Waals surface area contributed by atoms with E-state index in [0.717, 1.165) is 12.8 Å². The summed E-state index contributed by atoms with van der Waals surface area (Å²) >= 11 is 0. The molecule has 2 fully saturated rings. The first-order valence-electron chi connectivity index (χ1n) is 4.65. The average molecular weight is 175 g/mol. The third-order valence-electron chi connectivity index (χ3n) is 3.38. The molecule has 3 heteroatoms. The summed E-state index contributed by atoms with van der Waals surface area (Å²) in [6.45, 7) is 1.82. The molecule has 0 spiro atoms. The fraction of sp³-hybridized carbons (Fsp3) is 1.00. The third-order valence-corrected chi connectivity index (χ3v) is 3.38. The van der Waals surface area contributed by atoms with E-state index >= 15 is 0 Å². The van der Waals surface area contributed by atoms with Crippen LogP contribution in [-0.4, -0.2) is 18.0 Å². The van der Waals surface area contributed by atoms with Crippen molar-refractivity contribution < 1.29 is 8.78 Å². The van der Waals surface area contributed by atoms with Crippen molar-refractivity contribution in [2.24, 2.45) is 5.92 Å².